The molecule has 0 spiro atoms. The van der Waals surface area contributed by atoms with E-state index in [1.54, 1.807) is 11.9 Å². The Hall–Kier alpha value is -2.50. The highest BCUT2D eigenvalue weighted by Gasteiger charge is 2.16. The summed E-state index contributed by atoms with van der Waals surface area (Å²) in [4.78, 5) is 28.7. The molecule has 0 saturated heterocycles. The van der Waals surface area contributed by atoms with Gasteiger partial charge in [0.15, 0.2) is 0 Å². The van der Waals surface area contributed by atoms with Gasteiger partial charge in [-0.1, -0.05) is 6.07 Å². The zero-order chi connectivity index (χ0) is 17.7. The molecule has 2 aromatic rings. The molecule has 0 unspecified atom stereocenters. The first-order valence-corrected chi connectivity index (χ1v) is 8.06. The van der Waals surface area contributed by atoms with Gasteiger partial charge in [-0.2, -0.15) is 0 Å². The van der Waals surface area contributed by atoms with Crippen LogP contribution < -0.4 is 5.32 Å². The second kappa shape index (κ2) is 7.38. The lowest BCUT2D eigenvalue weighted by atomic mass is 10.1. The minimum absolute atomic E-state index is 0.0382. The largest absolute Gasteiger partial charge is 0.444 e. The zero-order valence-corrected chi connectivity index (χ0v) is 14.7. The number of H-pyrrole nitrogens is 1. The number of aromatic amines is 1. The van der Waals surface area contributed by atoms with E-state index >= 15 is 0 Å². The Labute approximate surface area is 142 Å². The summed E-state index contributed by atoms with van der Waals surface area (Å²) in [5, 5.41) is 3.77. The van der Waals surface area contributed by atoms with Crippen LogP contribution in [0.15, 0.2) is 30.5 Å². The van der Waals surface area contributed by atoms with Gasteiger partial charge in [0.25, 0.3) is 5.91 Å². The van der Waals surface area contributed by atoms with Gasteiger partial charge in [0.2, 0.25) is 0 Å². The molecule has 0 bridgehead atoms. The van der Waals surface area contributed by atoms with Crippen LogP contribution in [0.1, 0.15) is 37.6 Å². The van der Waals surface area contributed by atoms with Crippen LogP contribution in [0.3, 0.4) is 0 Å². The highest BCUT2D eigenvalue weighted by molar-refractivity contribution is 5.97. The van der Waals surface area contributed by atoms with Crippen molar-refractivity contribution in [3.8, 4) is 0 Å². The van der Waals surface area contributed by atoms with E-state index in [4.69, 9.17) is 4.74 Å². The average Bonchev–Trinajstić information content (AvgIpc) is 2.96. The van der Waals surface area contributed by atoms with Crippen molar-refractivity contribution in [2.45, 2.75) is 32.8 Å². The number of benzene rings is 1. The van der Waals surface area contributed by atoms with Crippen molar-refractivity contribution < 1.29 is 14.3 Å². The summed E-state index contributed by atoms with van der Waals surface area (Å²) in [7, 11) is 1.76. The molecule has 0 saturated carbocycles. The smallest absolute Gasteiger partial charge is 0.407 e. The molecule has 0 aliphatic heterocycles. The van der Waals surface area contributed by atoms with Crippen molar-refractivity contribution in [2.24, 2.45) is 0 Å². The number of nitrogens with zero attached hydrogens (tertiary/aromatic N) is 1. The molecule has 2 amide bonds. The molecule has 6 nitrogen and oxygen atoms in total. The van der Waals surface area contributed by atoms with Gasteiger partial charge in [0.1, 0.15) is 5.60 Å². The third kappa shape index (κ3) is 5.01. The maximum absolute atomic E-state index is 12.4. The lowest BCUT2D eigenvalue weighted by Crippen LogP contribution is -2.35. The van der Waals surface area contributed by atoms with Crippen molar-refractivity contribution in [3.63, 3.8) is 0 Å². The van der Waals surface area contributed by atoms with E-state index in [1.807, 2.05) is 51.2 Å². The van der Waals surface area contributed by atoms with Gasteiger partial charge in [-0.3, -0.25) is 4.79 Å². The van der Waals surface area contributed by atoms with E-state index in [2.05, 4.69) is 10.3 Å². The monoisotopic (exact) mass is 331 g/mol. The Morgan fingerprint density at radius 3 is 2.71 bits per heavy atom. The Morgan fingerprint density at radius 1 is 1.25 bits per heavy atom. The molecule has 1 aromatic heterocycles. The first kappa shape index (κ1) is 17.8. The van der Waals surface area contributed by atoms with Crippen molar-refractivity contribution >= 4 is 22.9 Å². The van der Waals surface area contributed by atoms with Crippen LogP contribution in [0.5, 0.6) is 0 Å². The van der Waals surface area contributed by atoms with E-state index in [1.165, 1.54) is 0 Å². The highest BCUT2D eigenvalue weighted by Crippen LogP contribution is 2.15. The number of rotatable bonds is 5. The Kier molecular flexibility index (Phi) is 5.49. The normalized spacial score (nSPS) is 11.3. The quantitative estimate of drug-likeness (QED) is 0.827. The second-order valence-electron chi connectivity index (χ2n) is 6.79. The molecule has 6 heteroatoms. The van der Waals surface area contributed by atoms with Crippen LogP contribution in [0, 0.1) is 0 Å². The number of amides is 2. The SMILES string of the molecule is CN(CCCNC(=O)OC(C)(C)C)C(=O)c1ccc2cc[nH]c2c1. The molecule has 1 heterocycles. The number of fused-ring (bicyclic) bond motifs is 1. The van der Waals surface area contributed by atoms with E-state index in [-0.39, 0.29) is 5.91 Å². The third-order valence-corrected chi connectivity index (χ3v) is 3.49. The van der Waals surface area contributed by atoms with Crippen LogP contribution in [0.2, 0.25) is 0 Å². The summed E-state index contributed by atoms with van der Waals surface area (Å²) in [5.74, 6) is -0.0382. The fraction of sp³-hybridized carbons (Fsp3) is 0.444. The minimum atomic E-state index is -0.507. The van der Waals surface area contributed by atoms with Crippen LogP contribution in [-0.2, 0) is 4.74 Å². The fourth-order valence-electron chi connectivity index (χ4n) is 2.32. The van der Waals surface area contributed by atoms with Crippen molar-refractivity contribution in [3.05, 3.63) is 36.0 Å². The second-order valence-corrected chi connectivity index (χ2v) is 6.79. The molecule has 0 fully saturated rings. The van der Waals surface area contributed by atoms with Crippen molar-refractivity contribution in [1.82, 2.24) is 15.2 Å². The Bertz CT molecular complexity index is 716. The molecule has 0 radical (unpaired) electrons. The van der Waals surface area contributed by atoms with Crippen molar-refractivity contribution in [1.29, 1.82) is 0 Å². The number of nitrogens with one attached hydrogen (secondary N) is 2. The van der Waals surface area contributed by atoms with Crippen LogP contribution >= 0.6 is 0 Å². The third-order valence-electron chi connectivity index (χ3n) is 3.49. The first-order valence-electron chi connectivity index (χ1n) is 8.06. The molecule has 0 atom stereocenters. The lowest BCUT2D eigenvalue weighted by molar-refractivity contribution is 0.0526. The molecule has 1 aromatic carbocycles. The Morgan fingerprint density at radius 2 is 2.00 bits per heavy atom. The van der Waals surface area contributed by atoms with Gasteiger partial charge >= 0.3 is 6.09 Å². The van der Waals surface area contributed by atoms with E-state index in [9.17, 15) is 9.59 Å². The topological polar surface area (TPSA) is 74.4 Å². The molecule has 0 aliphatic carbocycles. The van der Waals surface area contributed by atoms with Crippen LogP contribution in [0.25, 0.3) is 10.9 Å². The summed E-state index contributed by atoms with van der Waals surface area (Å²) in [6.07, 6.45) is 2.07. The van der Waals surface area contributed by atoms with E-state index < -0.39 is 11.7 Å². The number of ether oxygens (including phenoxy) is 1. The predicted molar refractivity (Wildman–Crippen MR) is 94.1 cm³/mol. The lowest BCUT2D eigenvalue weighted by Gasteiger charge is -2.20. The molecule has 24 heavy (non-hydrogen) atoms. The van der Waals surface area contributed by atoms with E-state index in [0.29, 0.717) is 25.1 Å². The predicted octanol–water partition coefficient (Wildman–Crippen LogP) is 3.15. The van der Waals surface area contributed by atoms with E-state index in [0.717, 1.165) is 10.9 Å². The summed E-state index contributed by atoms with van der Waals surface area (Å²) in [6.45, 7) is 6.47. The zero-order valence-electron chi connectivity index (χ0n) is 14.7. The molecule has 130 valence electrons. The van der Waals surface area contributed by atoms with Gasteiger partial charge in [-0.25, -0.2) is 4.79 Å². The molecular weight excluding hydrogens is 306 g/mol. The molecule has 0 aliphatic rings. The minimum Gasteiger partial charge on any atom is -0.444 e. The number of hydrogen-bond acceptors (Lipinski definition) is 3. The summed E-state index contributed by atoms with van der Waals surface area (Å²) >= 11 is 0. The fourth-order valence-corrected chi connectivity index (χ4v) is 2.32. The summed E-state index contributed by atoms with van der Waals surface area (Å²) in [6, 6.07) is 7.58. The Balaban J connectivity index is 1.78. The number of carbonyl (C=O) groups is 2. The number of aromatic nitrogens is 1. The van der Waals surface area contributed by atoms with Crippen LogP contribution in [0.4, 0.5) is 4.79 Å². The number of alkyl carbamates (subject to hydrolysis) is 1. The molecule has 2 N–H and O–H groups in total. The van der Waals surface area contributed by atoms with Gasteiger partial charge in [-0.15, -0.1) is 0 Å². The number of carbonyl (C=O) groups excluding carboxylic acids is 2. The first-order chi connectivity index (χ1) is 11.3. The highest BCUT2D eigenvalue weighted by atomic mass is 16.6. The summed E-state index contributed by atoms with van der Waals surface area (Å²) < 4.78 is 5.16. The summed E-state index contributed by atoms with van der Waals surface area (Å²) in [5.41, 5.74) is 1.08. The maximum Gasteiger partial charge on any atom is 0.407 e. The van der Waals surface area contributed by atoms with Gasteiger partial charge in [0.05, 0.1) is 0 Å². The maximum atomic E-state index is 12.4. The van der Waals surface area contributed by atoms with Crippen molar-refractivity contribution in [2.75, 3.05) is 20.1 Å². The van der Waals surface area contributed by atoms with Gasteiger partial charge in [0, 0.05) is 37.4 Å². The standard InChI is InChI=1S/C18H25N3O3/c1-18(2,3)24-17(23)20-9-5-11-21(4)16(22)14-7-6-13-8-10-19-15(13)12-14/h6-8,10,12,19H,5,9,11H2,1-4H3,(H,20,23). The van der Waals surface area contributed by atoms with Gasteiger partial charge in [-0.05, 0) is 50.8 Å². The van der Waals surface area contributed by atoms with Gasteiger partial charge < -0.3 is 19.9 Å². The number of hydrogen-bond donors (Lipinski definition) is 2. The van der Waals surface area contributed by atoms with Crippen LogP contribution in [-0.4, -0.2) is 47.6 Å². The molecular formula is C18H25N3O3. The molecule has 2 rings (SSSR count). The average molecular weight is 331 g/mol.